The predicted octanol–water partition coefficient (Wildman–Crippen LogP) is 7.69. The fraction of sp³-hybridized carbons (Fsp3) is 0.500. The molecule has 2 aliphatic heterocycles. The lowest BCUT2D eigenvalue weighted by Gasteiger charge is -2.39. The van der Waals surface area contributed by atoms with Crippen molar-refractivity contribution in [3.05, 3.63) is 57.0 Å². The third-order valence-electron chi connectivity index (χ3n) is 12.2. The number of carbonyl (C=O) groups excluding carboxylic acids is 4. The summed E-state index contributed by atoms with van der Waals surface area (Å²) >= 11 is 2.79. The van der Waals surface area contributed by atoms with E-state index in [0.717, 1.165) is 95.2 Å². The first kappa shape index (κ1) is 32.5. The van der Waals surface area contributed by atoms with Gasteiger partial charge >= 0.3 is 0 Å². The number of fused-ring (bicyclic) bond motifs is 9. The van der Waals surface area contributed by atoms with Gasteiger partial charge in [-0.25, -0.2) is 20.0 Å². The van der Waals surface area contributed by atoms with Crippen LogP contribution >= 0.6 is 22.7 Å². The van der Waals surface area contributed by atoms with Gasteiger partial charge in [-0.3, -0.25) is 19.2 Å². The van der Waals surface area contributed by atoms with Crippen LogP contribution in [-0.4, -0.2) is 44.5 Å². The highest BCUT2D eigenvalue weighted by Crippen LogP contribution is 2.55. The van der Waals surface area contributed by atoms with Crippen LogP contribution in [0.3, 0.4) is 0 Å². The molecule has 4 fully saturated rings. The Bertz CT molecular complexity index is 2040. The number of aliphatic imine (C=N–C) groups is 2. The van der Waals surface area contributed by atoms with Crippen LogP contribution < -0.4 is 0 Å². The summed E-state index contributed by atoms with van der Waals surface area (Å²) in [4.78, 5) is 73.7. The van der Waals surface area contributed by atoms with Crippen LogP contribution in [0.15, 0.2) is 45.8 Å². The standard InChI is InChI=1S/C40H38N4O6S2/c1-39(2)35-33(51-37(43-35)41-27-29(45)19-9-5-6-10-20(19)30(27)46)23-13-18-16-26-24(14-17(18)15-25(23)49-39)34-36(40(3,4)50-26)44-38(52-34)42-28-31(47)21-11-7-8-12-22(21)32(28)48/h13-22H,5-12H2,1-4H3. The summed E-state index contributed by atoms with van der Waals surface area (Å²) in [5.74, 6) is -0.0427. The molecule has 6 aliphatic carbocycles. The van der Waals surface area contributed by atoms with E-state index in [4.69, 9.17) is 19.4 Å². The van der Waals surface area contributed by atoms with E-state index in [1.807, 2.05) is 27.7 Å². The molecule has 10 rings (SSSR count). The molecule has 4 saturated carbocycles. The molecule has 6 atom stereocenters. The van der Waals surface area contributed by atoms with E-state index in [9.17, 15) is 19.2 Å². The summed E-state index contributed by atoms with van der Waals surface area (Å²) in [6.45, 7) is 7.90. The minimum Gasteiger partial charge on any atom is -0.481 e. The smallest absolute Gasteiger partial charge is 0.210 e. The number of ketones is 4. The molecular formula is C40H38N4O6S2. The van der Waals surface area contributed by atoms with E-state index in [2.05, 4.69) is 34.3 Å². The Morgan fingerprint density at radius 2 is 0.923 bits per heavy atom. The largest absolute Gasteiger partial charge is 0.481 e. The van der Waals surface area contributed by atoms with Crippen LogP contribution in [0.4, 0.5) is 10.3 Å². The van der Waals surface area contributed by atoms with Crippen molar-refractivity contribution in [1.82, 2.24) is 9.97 Å². The van der Waals surface area contributed by atoms with Gasteiger partial charge in [-0.05, 0) is 65.5 Å². The zero-order valence-corrected chi connectivity index (χ0v) is 31.1. The zero-order chi connectivity index (χ0) is 35.8. The van der Waals surface area contributed by atoms with Crippen LogP contribution in [0, 0.1) is 35.5 Å². The number of nitrogens with zero attached hydrogens (tertiary/aromatic N) is 4. The van der Waals surface area contributed by atoms with Gasteiger partial charge in [0.05, 0.1) is 9.75 Å². The molecule has 12 heteroatoms. The van der Waals surface area contributed by atoms with Gasteiger partial charge in [0.25, 0.3) is 0 Å². The topological polar surface area (TPSA) is 137 Å². The van der Waals surface area contributed by atoms with E-state index in [1.54, 1.807) is 0 Å². The van der Waals surface area contributed by atoms with Crippen LogP contribution in [0.1, 0.15) is 100 Å². The highest BCUT2D eigenvalue weighted by atomic mass is 32.1. The summed E-state index contributed by atoms with van der Waals surface area (Å²) in [5, 5.41) is 0.805. The van der Waals surface area contributed by atoms with Crippen LogP contribution in [-0.2, 0) is 39.9 Å². The quantitative estimate of drug-likeness (QED) is 0.306. The minimum atomic E-state index is -0.760. The predicted molar refractivity (Wildman–Crippen MR) is 197 cm³/mol. The summed E-state index contributed by atoms with van der Waals surface area (Å²) < 4.78 is 13.2. The number of thiazole rings is 2. The van der Waals surface area contributed by atoms with E-state index < -0.39 is 11.2 Å². The number of hydrogen-bond donors (Lipinski definition) is 0. The summed E-state index contributed by atoms with van der Waals surface area (Å²) in [7, 11) is 0. The number of rotatable bonds is 2. The molecule has 0 saturated heterocycles. The van der Waals surface area contributed by atoms with Crippen molar-refractivity contribution in [1.29, 1.82) is 0 Å². The van der Waals surface area contributed by atoms with Crippen LogP contribution in [0.5, 0.6) is 0 Å². The lowest BCUT2D eigenvalue weighted by Crippen LogP contribution is -2.32. The maximum Gasteiger partial charge on any atom is 0.210 e. The van der Waals surface area contributed by atoms with Gasteiger partial charge in [-0.1, -0.05) is 60.5 Å². The molecule has 0 N–H and O–H groups in total. The van der Waals surface area contributed by atoms with Crippen LogP contribution in [0.25, 0.3) is 11.1 Å². The molecule has 52 heavy (non-hydrogen) atoms. The first-order valence-electron chi connectivity index (χ1n) is 18.5. The second-order valence-electron chi connectivity index (χ2n) is 16.3. The number of ether oxygens (including phenoxy) is 2. The minimum absolute atomic E-state index is 0.0322. The summed E-state index contributed by atoms with van der Waals surface area (Å²) in [6.07, 6.45) is 15.6. The maximum atomic E-state index is 13.2. The Morgan fingerprint density at radius 3 is 1.27 bits per heavy atom. The van der Waals surface area contributed by atoms with Crippen molar-refractivity contribution in [2.24, 2.45) is 45.5 Å². The molecule has 4 heterocycles. The van der Waals surface area contributed by atoms with Crippen molar-refractivity contribution in [3.63, 3.8) is 0 Å². The molecular weight excluding hydrogens is 697 g/mol. The van der Waals surface area contributed by atoms with E-state index in [0.29, 0.717) is 10.3 Å². The van der Waals surface area contributed by atoms with Gasteiger partial charge < -0.3 is 9.47 Å². The van der Waals surface area contributed by atoms with E-state index in [-0.39, 0.29) is 70.1 Å². The molecule has 0 aromatic carbocycles. The van der Waals surface area contributed by atoms with E-state index in [1.165, 1.54) is 22.7 Å². The number of carbonyl (C=O) groups is 4. The average molecular weight is 735 g/mol. The van der Waals surface area contributed by atoms with Crippen molar-refractivity contribution in [3.8, 4) is 0 Å². The molecule has 6 unspecified atom stereocenters. The van der Waals surface area contributed by atoms with Gasteiger partial charge in [0.1, 0.15) is 34.1 Å². The lowest BCUT2D eigenvalue weighted by atomic mass is 9.77. The Hall–Kier alpha value is -4.16. The highest BCUT2D eigenvalue weighted by molar-refractivity contribution is 7.17. The normalized spacial score (nSPS) is 32.0. The van der Waals surface area contributed by atoms with Crippen molar-refractivity contribution < 1.29 is 28.7 Å². The first-order valence-corrected chi connectivity index (χ1v) is 20.1. The van der Waals surface area contributed by atoms with Crippen molar-refractivity contribution in [2.75, 3.05) is 0 Å². The molecule has 0 bridgehead atoms. The Kier molecular flexibility index (Phi) is 6.98. The zero-order valence-electron chi connectivity index (χ0n) is 29.5. The number of hydrogen-bond acceptors (Lipinski definition) is 12. The molecule has 0 amide bonds. The molecule has 8 aliphatic rings. The van der Waals surface area contributed by atoms with Crippen molar-refractivity contribution in [2.45, 2.75) is 90.3 Å². The SMILES string of the molecule is CC1(C)OC2=CC3C=C4C(=CC3C=C2c2sc(N=C3C(=O)C5CCCCC5C3=O)nc21)OC(C)(C)c1nc(N=C2C(=O)C3CCCCC3C2=O)sc14. The Morgan fingerprint density at radius 1 is 0.577 bits per heavy atom. The lowest BCUT2D eigenvalue weighted by molar-refractivity contribution is -0.120. The second kappa shape index (κ2) is 11.2. The highest BCUT2D eigenvalue weighted by Gasteiger charge is 2.50. The fourth-order valence-corrected chi connectivity index (χ4v) is 11.8. The van der Waals surface area contributed by atoms with Gasteiger partial charge in [0, 0.05) is 46.7 Å². The third-order valence-corrected chi connectivity index (χ3v) is 14.2. The Labute approximate surface area is 308 Å². The molecule has 0 radical (unpaired) electrons. The van der Waals surface area contributed by atoms with Gasteiger partial charge in [0.15, 0.2) is 34.6 Å². The number of Topliss-reactive ketones (excluding diaryl/α,β-unsaturated/α-hetero) is 4. The van der Waals surface area contributed by atoms with Gasteiger partial charge in [-0.15, -0.1) is 0 Å². The fourth-order valence-electron chi connectivity index (χ4n) is 9.59. The molecule has 2 aromatic heterocycles. The Balaban J connectivity index is 0.989. The number of allylic oxidation sites excluding steroid dienone is 6. The summed E-state index contributed by atoms with van der Waals surface area (Å²) in [6, 6.07) is 0. The summed E-state index contributed by atoms with van der Waals surface area (Å²) in [5.41, 5.74) is 1.91. The maximum absolute atomic E-state index is 13.2. The second-order valence-corrected chi connectivity index (χ2v) is 18.3. The molecule has 266 valence electrons. The van der Waals surface area contributed by atoms with Crippen LogP contribution in [0.2, 0.25) is 0 Å². The molecule has 0 spiro atoms. The first-order chi connectivity index (χ1) is 24.9. The van der Waals surface area contributed by atoms with Gasteiger partial charge in [-0.2, -0.15) is 0 Å². The van der Waals surface area contributed by atoms with E-state index >= 15 is 0 Å². The number of aromatic nitrogens is 2. The third kappa shape index (κ3) is 4.71. The monoisotopic (exact) mass is 734 g/mol. The van der Waals surface area contributed by atoms with Crippen molar-refractivity contribution >= 4 is 78.6 Å². The molecule has 10 nitrogen and oxygen atoms in total. The van der Waals surface area contributed by atoms with Gasteiger partial charge in [0.2, 0.25) is 10.3 Å². The molecule has 2 aromatic rings. The average Bonchev–Trinajstić information content (AvgIpc) is 3.86.